The molecular formula is C16H16N2S. The molecule has 1 heterocycles. The third-order valence-electron chi connectivity index (χ3n) is 3.10. The molecule has 0 saturated heterocycles. The van der Waals surface area contributed by atoms with Crippen molar-refractivity contribution in [3.8, 4) is 11.3 Å². The summed E-state index contributed by atoms with van der Waals surface area (Å²) in [5, 5.41) is 5.53. The summed E-state index contributed by atoms with van der Waals surface area (Å²) in [5.74, 6) is 0. The summed E-state index contributed by atoms with van der Waals surface area (Å²) in [7, 11) is 0. The van der Waals surface area contributed by atoms with E-state index >= 15 is 0 Å². The fourth-order valence-electron chi connectivity index (χ4n) is 2.05. The van der Waals surface area contributed by atoms with Gasteiger partial charge >= 0.3 is 0 Å². The monoisotopic (exact) mass is 268 g/mol. The number of thiazole rings is 1. The van der Waals surface area contributed by atoms with Crippen molar-refractivity contribution in [3.05, 3.63) is 52.9 Å². The second kappa shape index (κ2) is 4.44. The standard InChI is InChI=1S/C16H16N2S/c1-16(2,17)15-18-14(10-19-15)13-8-7-11-5-3-4-6-12(11)9-13/h3-10H,17H2,1-2H3. The van der Waals surface area contributed by atoms with Crippen molar-refractivity contribution in [2.45, 2.75) is 19.4 Å². The van der Waals surface area contributed by atoms with Crippen molar-refractivity contribution in [2.75, 3.05) is 0 Å². The third-order valence-corrected chi connectivity index (χ3v) is 4.28. The molecule has 2 aromatic carbocycles. The molecule has 0 fully saturated rings. The van der Waals surface area contributed by atoms with Crippen LogP contribution in [0.25, 0.3) is 22.0 Å². The molecule has 0 spiro atoms. The molecule has 2 N–H and O–H groups in total. The van der Waals surface area contributed by atoms with E-state index in [4.69, 9.17) is 5.73 Å². The van der Waals surface area contributed by atoms with Crippen LogP contribution in [0.1, 0.15) is 18.9 Å². The Bertz CT molecular complexity index is 723. The highest BCUT2D eigenvalue weighted by Crippen LogP contribution is 2.29. The van der Waals surface area contributed by atoms with Crippen molar-refractivity contribution >= 4 is 22.1 Å². The lowest BCUT2D eigenvalue weighted by Gasteiger charge is -2.13. The Kier molecular flexibility index (Phi) is 2.88. The van der Waals surface area contributed by atoms with Gasteiger partial charge in [-0.15, -0.1) is 11.3 Å². The maximum Gasteiger partial charge on any atom is 0.113 e. The Hall–Kier alpha value is -1.71. The van der Waals surface area contributed by atoms with Gasteiger partial charge in [0, 0.05) is 10.9 Å². The van der Waals surface area contributed by atoms with Crippen LogP contribution in [0.3, 0.4) is 0 Å². The van der Waals surface area contributed by atoms with Crippen LogP contribution in [-0.4, -0.2) is 4.98 Å². The summed E-state index contributed by atoms with van der Waals surface area (Å²) in [6.07, 6.45) is 0. The fourth-order valence-corrected chi connectivity index (χ4v) is 2.92. The summed E-state index contributed by atoms with van der Waals surface area (Å²) in [6.45, 7) is 3.96. The Labute approximate surface area is 116 Å². The number of rotatable bonds is 2. The summed E-state index contributed by atoms with van der Waals surface area (Å²) in [5.41, 5.74) is 7.86. The van der Waals surface area contributed by atoms with E-state index in [0.717, 1.165) is 16.3 Å². The van der Waals surface area contributed by atoms with E-state index in [9.17, 15) is 0 Å². The zero-order chi connectivity index (χ0) is 13.5. The topological polar surface area (TPSA) is 38.9 Å². The number of hydrogen-bond acceptors (Lipinski definition) is 3. The second-order valence-electron chi connectivity index (χ2n) is 5.32. The molecule has 3 heteroatoms. The van der Waals surface area contributed by atoms with Crippen molar-refractivity contribution in [3.63, 3.8) is 0 Å². The average Bonchev–Trinajstić information content (AvgIpc) is 2.87. The van der Waals surface area contributed by atoms with E-state index in [0.29, 0.717) is 0 Å². The smallest absolute Gasteiger partial charge is 0.113 e. The van der Waals surface area contributed by atoms with E-state index in [-0.39, 0.29) is 5.54 Å². The number of fused-ring (bicyclic) bond motifs is 1. The van der Waals surface area contributed by atoms with Crippen LogP contribution in [0.2, 0.25) is 0 Å². The van der Waals surface area contributed by atoms with Gasteiger partial charge in [-0.2, -0.15) is 0 Å². The molecule has 1 aromatic heterocycles. The normalized spacial score (nSPS) is 11.9. The molecule has 0 aliphatic carbocycles. The van der Waals surface area contributed by atoms with E-state index in [1.807, 2.05) is 13.8 Å². The Morgan fingerprint density at radius 1 is 1.05 bits per heavy atom. The van der Waals surface area contributed by atoms with Gasteiger partial charge in [-0.25, -0.2) is 4.98 Å². The average molecular weight is 268 g/mol. The van der Waals surface area contributed by atoms with Crippen molar-refractivity contribution < 1.29 is 0 Å². The highest BCUT2D eigenvalue weighted by molar-refractivity contribution is 7.10. The highest BCUT2D eigenvalue weighted by atomic mass is 32.1. The maximum atomic E-state index is 6.09. The van der Waals surface area contributed by atoms with Gasteiger partial charge in [-0.1, -0.05) is 36.4 Å². The Morgan fingerprint density at radius 3 is 2.47 bits per heavy atom. The van der Waals surface area contributed by atoms with Crippen molar-refractivity contribution in [1.29, 1.82) is 0 Å². The molecule has 0 aliphatic heterocycles. The second-order valence-corrected chi connectivity index (χ2v) is 6.18. The summed E-state index contributed by atoms with van der Waals surface area (Å²) in [4.78, 5) is 4.65. The zero-order valence-corrected chi connectivity index (χ0v) is 11.9. The van der Waals surface area contributed by atoms with Crippen LogP contribution < -0.4 is 5.73 Å². The van der Waals surface area contributed by atoms with Gasteiger partial charge in [0.05, 0.1) is 11.2 Å². The van der Waals surface area contributed by atoms with E-state index < -0.39 is 0 Å². The van der Waals surface area contributed by atoms with Crippen LogP contribution in [0.5, 0.6) is 0 Å². The molecule has 3 rings (SSSR count). The van der Waals surface area contributed by atoms with Crippen LogP contribution in [0.4, 0.5) is 0 Å². The summed E-state index contributed by atoms with van der Waals surface area (Å²) >= 11 is 1.62. The van der Waals surface area contributed by atoms with Gasteiger partial charge in [0.2, 0.25) is 0 Å². The first-order valence-electron chi connectivity index (χ1n) is 6.28. The van der Waals surface area contributed by atoms with Crippen molar-refractivity contribution in [1.82, 2.24) is 4.98 Å². The van der Waals surface area contributed by atoms with Gasteiger partial charge < -0.3 is 5.73 Å². The van der Waals surface area contributed by atoms with E-state index in [2.05, 4.69) is 52.8 Å². The van der Waals surface area contributed by atoms with E-state index in [1.165, 1.54) is 10.8 Å². The highest BCUT2D eigenvalue weighted by Gasteiger charge is 2.18. The van der Waals surface area contributed by atoms with E-state index in [1.54, 1.807) is 11.3 Å². The molecule has 0 bridgehead atoms. The lowest BCUT2D eigenvalue weighted by molar-refractivity contribution is 0.551. The van der Waals surface area contributed by atoms with Gasteiger partial charge in [0.25, 0.3) is 0 Å². The molecule has 0 unspecified atom stereocenters. The van der Waals surface area contributed by atoms with Crippen LogP contribution >= 0.6 is 11.3 Å². The largest absolute Gasteiger partial charge is 0.320 e. The molecule has 19 heavy (non-hydrogen) atoms. The number of benzene rings is 2. The van der Waals surface area contributed by atoms with Crippen LogP contribution in [-0.2, 0) is 5.54 Å². The fraction of sp³-hybridized carbons (Fsp3) is 0.188. The minimum absolute atomic E-state index is 0.375. The number of nitrogens with zero attached hydrogens (tertiary/aromatic N) is 1. The summed E-state index contributed by atoms with van der Waals surface area (Å²) in [6, 6.07) is 14.8. The Morgan fingerprint density at radius 2 is 1.79 bits per heavy atom. The molecule has 0 saturated carbocycles. The van der Waals surface area contributed by atoms with Gasteiger partial charge in [0.15, 0.2) is 0 Å². The Balaban J connectivity index is 2.07. The molecular weight excluding hydrogens is 252 g/mol. The summed E-state index contributed by atoms with van der Waals surface area (Å²) < 4.78 is 0. The maximum absolute atomic E-state index is 6.09. The zero-order valence-electron chi connectivity index (χ0n) is 11.1. The van der Waals surface area contributed by atoms with Crippen LogP contribution in [0.15, 0.2) is 47.8 Å². The lowest BCUT2D eigenvalue weighted by atomic mass is 10.1. The lowest BCUT2D eigenvalue weighted by Crippen LogP contribution is -2.28. The number of hydrogen-bond donors (Lipinski definition) is 1. The molecule has 0 amide bonds. The SMILES string of the molecule is CC(C)(N)c1nc(-c2ccc3ccccc3c2)cs1. The first-order valence-corrected chi connectivity index (χ1v) is 7.16. The van der Waals surface area contributed by atoms with Gasteiger partial charge in [-0.05, 0) is 30.7 Å². The first-order chi connectivity index (χ1) is 9.04. The molecule has 0 radical (unpaired) electrons. The van der Waals surface area contributed by atoms with Crippen LogP contribution in [0, 0.1) is 0 Å². The third kappa shape index (κ3) is 2.39. The van der Waals surface area contributed by atoms with Crippen molar-refractivity contribution in [2.24, 2.45) is 5.73 Å². The molecule has 2 nitrogen and oxygen atoms in total. The molecule has 0 atom stereocenters. The molecule has 0 aliphatic rings. The molecule has 3 aromatic rings. The minimum Gasteiger partial charge on any atom is -0.320 e. The quantitative estimate of drug-likeness (QED) is 0.758. The number of nitrogens with two attached hydrogens (primary N) is 1. The van der Waals surface area contributed by atoms with Gasteiger partial charge in [-0.3, -0.25) is 0 Å². The predicted molar refractivity (Wildman–Crippen MR) is 82.3 cm³/mol. The molecule has 96 valence electrons. The predicted octanol–water partition coefficient (Wildman–Crippen LogP) is 4.16. The first kappa shape index (κ1) is 12.3. The minimum atomic E-state index is -0.375. The number of aromatic nitrogens is 1. The van der Waals surface area contributed by atoms with Gasteiger partial charge in [0.1, 0.15) is 5.01 Å².